The van der Waals surface area contributed by atoms with Crippen LogP contribution in [0.25, 0.3) is 11.1 Å². The molecule has 12 nitrogen and oxygen atoms in total. The molecule has 0 spiro atoms. The number of piperazine rings is 1. The van der Waals surface area contributed by atoms with Gasteiger partial charge in [0, 0.05) is 88.5 Å². The van der Waals surface area contributed by atoms with Crippen LogP contribution in [-0.4, -0.2) is 72.1 Å². The second kappa shape index (κ2) is 19.6. The molecular formula is C44H53N5O7. The lowest BCUT2D eigenvalue weighted by atomic mass is 9.89. The summed E-state index contributed by atoms with van der Waals surface area (Å²) < 4.78 is 13.5. The maximum atomic E-state index is 12.6. The Hall–Kier alpha value is -5.14. The quantitative estimate of drug-likeness (QED) is 0.0646. The van der Waals surface area contributed by atoms with Crippen LogP contribution in [0.1, 0.15) is 74.2 Å². The van der Waals surface area contributed by atoms with Gasteiger partial charge in [-0.05, 0) is 52.8 Å². The third-order valence-corrected chi connectivity index (χ3v) is 10.8. The van der Waals surface area contributed by atoms with E-state index in [2.05, 4.69) is 57.7 Å². The van der Waals surface area contributed by atoms with E-state index < -0.39 is 6.29 Å². The molecule has 4 atom stereocenters. The first-order valence-electron chi connectivity index (χ1n) is 19.6. The molecule has 2 amide bonds. The van der Waals surface area contributed by atoms with Crippen molar-refractivity contribution >= 4 is 23.2 Å². The van der Waals surface area contributed by atoms with Crippen LogP contribution in [0, 0.1) is 16.0 Å². The topological polar surface area (TPSA) is 147 Å². The minimum atomic E-state index is -0.595. The van der Waals surface area contributed by atoms with Crippen molar-refractivity contribution in [1.29, 1.82) is 0 Å². The third-order valence-electron chi connectivity index (χ3n) is 10.8. The van der Waals surface area contributed by atoms with Crippen molar-refractivity contribution in [3.8, 4) is 11.1 Å². The number of nitrogens with zero attached hydrogens (tertiary/aromatic N) is 3. The smallest absolute Gasteiger partial charge is 0.269 e. The number of hydrogen-bond donors (Lipinski definition) is 3. The summed E-state index contributed by atoms with van der Waals surface area (Å²) in [5.74, 6) is 0.0215. The number of ether oxygens (including phenoxy) is 2. The van der Waals surface area contributed by atoms with E-state index in [-0.39, 0.29) is 47.2 Å². The fraction of sp³-hybridized carbons (Fsp3) is 0.409. The number of hydrogen-bond acceptors (Lipinski definition) is 9. The normalized spacial score (nSPS) is 20.0. The van der Waals surface area contributed by atoms with Crippen molar-refractivity contribution in [1.82, 2.24) is 15.5 Å². The van der Waals surface area contributed by atoms with E-state index in [0.29, 0.717) is 19.5 Å². The van der Waals surface area contributed by atoms with Gasteiger partial charge in [0.05, 0.1) is 23.7 Å². The number of carbonyl (C=O) groups excluding carboxylic acids is 2. The lowest BCUT2D eigenvalue weighted by Gasteiger charge is -2.44. The Labute approximate surface area is 329 Å². The van der Waals surface area contributed by atoms with E-state index in [1.165, 1.54) is 6.92 Å². The molecule has 0 aromatic heterocycles. The third kappa shape index (κ3) is 10.8. The summed E-state index contributed by atoms with van der Waals surface area (Å²) in [4.78, 5) is 39.1. The molecule has 56 heavy (non-hydrogen) atoms. The number of aliphatic hydroxyl groups excluding tert-OH is 1. The van der Waals surface area contributed by atoms with E-state index >= 15 is 0 Å². The summed E-state index contributed by atoms with van der Waals surface area (Å²) in [5.41, 5.74) is 6.96. The minimum absolute atomic E-state index is 0.0111. The zero-order valence-electron chi connectivity index (χ0n) is 32.3. The molecule has 12 heteroatoms. The van der Waals surface area contributed by atoms with E-state index in [4.69, 9.17) is 9.47 Å². The lowest BCUT2D eigenvalue weighted by Crippen LogP contribution is -2.51. The van der Waals surface area contributed by atoms with Crippen LogP contribution in [0.5, 0.6) is 0 Å². The zero-order chi connectivity index (χ0) is 39.4. The lowest BCUT2D eigenvalue weighted by molar-refractivity contribution is -0.384. The average Bonchev–Trinajstić information content (AvgIpc) is 3.22. The molecule has 3 N–H and O–H groups in total. The van der Waals surface area contributed by atoms with Gasteiger partial charge in [-0.2, -0.15) is 0 Å². The van der Waals surface area contributed by atoms with Gasteiger partial charge in [0.2, 0.25) is 11.8 Å². The van der Waals surface area contributed by atoms with Crippen molar-refractivity contribution in [2.75, 3.05) is 44.2 Å². The average molecular weight is 764 g/mol. The number of nitro benzene ring substituents is 1. The molecule has 0 aliphatic carbocycles. The SMILES string of the molecule is CC(=O)NCCCCCC(=O)NCc1ccccc1-c1ccc(C2OC(CN3CCN(c4ccc([N+](=O)[O-])cc4)CC3)C(C)C(c3ccc(CO)cc3)O2)cc1. The van der Waals surface area contributed by atoms with Crippen LogP contribution >= 0.6 is 0 Å². The number of anilines is 1. The Bertz CT molecular complexity index is 1900. The first-order chi connectivity index (χ1) is 27.2. The standard InChI is InChI=1S/C44H53N5O7/c1-31-41(29-47-24-26-48(27-25-47)38-19-21-39(22-20-38)49(53)54)55-44(56-43(31)35-13-11-33(30-50)12-14-35)36-17-15-34(16-18-36)40-9-6-5-8-37(40)28-46-42(52)10-4-3-7-23-45-32(2)51/h5-6,8-9,11-22,31,41,43-44,50H,3-4,7,10,23-30H2,1-2H3,(H,45,51)(H,46,52). The molecular weight excluding hydrogens is 711 g/mol. The predicted octanol–water partition coefficient (Wildman–Crippen LogP) is 6.68. The van der Waals surface area contributed by atoms with Crippen LogP contribution in [0.2, 0.25) is 0 Å². The fourth-order valence-corrected chi connectivity index (χ4v) is 7.47. The van der Waals surface area contributed by atoms with Gasteiger partial charge >= 0.3 is 0 Å². The number of nitro groups is 1. The Morgan fingerprint density at radius 1 is 0.839 bits per heavy atom. The molecule has 296 valence electrons. The summed E-state index contributed by atoms with van der Waals surface area (Å²) in [6.07, 6.45) is 2.01. The number of amides is 2. The first-order valence-corrected chi connectivity index (χ1v) is 19.6. The van der Waals surface area contributed by atoms with Gasteiger partial charge in [-0.1, -0.05) is 86.1 Å². The highest BCUT2D eigenvalue weighted by Crippen LogP contribution is 2.42. The predicted molar refractivity (Wildman–Crippen MR) is 216 cm³/mol. The van der Waals surface area contributed by atoms with Gasteiger partial charge in [0.15, 0.2) is 6.29 Å². The van der Waals surface area contributed by atoms with Crippen LogP contribution in [0.4, 0.5) is 11.4 Å². The number of rotatable bonds is 16. The van der Waals surface area contributed by atoms with Gasteiger partial charge in [0.25, 0.3) is 5.69 Å². The van der Waals surface area contributed by atoms with Gasteiger partial charge < -0.3 is 30.1 Å². The molecule has 0 radical (unpaired) electrons. The first kappa shape index (κ1) is 40.5. The molecule has 2 aliphatic heterocycles. The molecule has 4 aromatic rings. The van der Waals surface area contributed by atoms with Crippen molar-refractivity contribution < 1.29 is 29.1 Å². The van der Waals surface area contributed by atoms with Gasteiger partial charge in [-0.25, -0.2) is 0 Å². The molecule has 0 saturated carbocycles. The summed E-state index contributed by atoms with van der Waals surface area (Å²) in [6, 6.07) is 31.0. The largest absolute Gasteiger partial charge is 0.392 e. The fourth-order valence-electron chi connectivity index (χ4n) is 7.47. The highest BCUT2D eigenvalue weighted by molar-refractivity contribution is 5.76. The van der Waals surface area contributed by atoms with Crippen LogP contribution in [0.3, 0.4) is 0 Å². The molecule has 2 saturated heterocycles. The summed E-state index contributed by atoms with van der Waals surface area (Å²) in [6.45, 7) is 8.72. The highest BCUT2D eigenvalue weighted by Gasteiger charge is 2.39. The number of aliphatic hydroxyl groups is 1. The van der Waals surface area contributed by atoms with Gasteiger partial charge in [-0.15, -0.1) is 0 Å². The number of carbonyl (C=O) groups is 2. The Morgan fingerprint density at radius 2 is 1.54 bits per heavy atom. The molecule has 0 bridgehead atoms. The maximum Gasteiger partial charge on any atom is 0.269 e. The second-order valence-corrected chi connectivity index (χ2v) is 14.7. The number of unbranched alkanes of at least 4 members (excludes halogenated alkanes) is 2. The molecule has 2 aliphatic rings. The number of benzene rings is 4. The monoisotopic (exact) mass is 763 g/mol. The summed E-state index contributed by atoms with van der Waals surface area (Å²) in [5, 5.41) is 26.6. The number of non-ortho nitro benzene ring substituents is 1. The Morgan fingerprint density at radius 3 is 2.21 bits per heavy atom. The Balaban J connectivity index is 1.11. The number of nitrogens with one attached hydrogen (secondary N) is 2. The van der Waals surface area contributed by atoms with E-state index in [0.717, 1.165) is 91.1 Å². The minimum Gasteiger partial charge on any atom is -0.392 e. The zero-order valence-corrected chi connectivity index (χ0v) is 32.3. The summed E-state index contributed by atoms with van der Waals surface area (Å²) in [7, 11) is 0. The van der Waals surface area contributed by atoms with Crippen LogP contribution in [0.15, 0.2) is 97.1 Å². The molecule has 6 rings (SSSR count). The Kier molecular flexibility index (Phi) is 14.2. The van der Waals surface area contributed by atoms with Crippen molar-refractivity contribution in [2.45, 2.75) is 71.2 Å². The maximum absolute atomic E-state index is 12.6. The molecule has 2 fully saturated rings. The van der Waals surface area contributed by atoms with Gasteiger partial charge in [-0.3, -0.25) is 24.6 Å². The van der Waals surface area contributed by atoms with Crippen LogP contribution in [-0.2, 0) is 32.2 Å². The molecule has 4 unspecified atom stereocenters. The van der Waals surface area contributed by atoms with Crippen LogP contribution < -0.4 is 15.5 Å². The van der Waals surface area contributed by atoms with E-state index in [1.54, 1.807) is 12.1 Å². The van der Waals surface area contributed by atoms with Gasteiger partial charge in [0.1, 0.15) is 0 Å². The van der Waals surface area contributed by atoms with E-state index in [9.17, 15) is 24.8 Å². The van der Waals surface area contributed by atoms with E-state index in [1.807, 2.05) is 54.6 Å². The second-order valence-electron chi connectivity index (χ2n) is 14.7. The summed E-state index contributed by atoms with van der Waals surface area (Å²) >= 11 is 0. The molecule has 4 aromatic carbocycles. The highest BCUT2D eigenvalue weighted by atomic mass is 16.7. The molecule has 2 heterocycles. The van der Waals surface area contributed by atoms with Crippen molar-refractivity contribution in [2.24, 2.45) is 5.92 Å². The van der Waals surface area contributed by atoms with Crippen molar-refractivity contribution in [3.63, 3.8) is 0 Å². The van der Waals surface area contributed by atoms with Crippen molar-refractivity contribution in [3.05, 3.63) is 129 Å².